The maximum atomic E-state index is 12.4. The largest absolute Gasteiger partial charge is 0.480 e. The number of hydrogen-bond donors (Lipinski definition) is 2. The Morgan fingerprint density at radius 2 is 2.00 bits per heavy atom. The second kappa shape index (κ2) is 7.26. The van der Waals surface area contributed by atoms with E-state index < -0.39 is 11.5 Å². The Bertz CT molecular complexity index is 858. The molecule has 2 aromatic rings. The Balaban J connectivity index is 1.69. The number of amides is 1. The number of aryl methyl sites for hydroxylation is 1. The first kappa shape index (κ1) is 17.5. The van der Waals surface area contributed by atoms with Crippen LogP contribution in [0, 0.1) is 0 Å². The number of carbonyl (C=O) groups is 2. The van der Waals surface area contributed by atoms with Crippen LogP contribution in [0.5, 0.6) is 0 Å². The van der Waals surface area contributed by atoms with Crippen LogP contribution in [0.15, 0.2) is 35.4 Å². The highest BCUT2D eigenvalue weighted by Gasteiger charge is 2.41. The van der Waals surface area contributed by atoms with Crippen molar-refractivity contribution in [2.75, 3.05) is 11.5 Å². The standard InChI is InChI=1S/C17H19N3O4S/c21-14(19-17(16(23)24)6-9-25-10-7-17)5-8-20-11-18-13-4-2-1-3-12(13)15(20)22/h1-4,11H,5-10H2,(H,19,21)(H,23,24). The van der Waals surface area contributed by atoms with Gasteiger partial charge in [0.05, 0.1) is 17.2 Å². The summed E-state index contributed by atoms with van der Waals surface area (Å²) in [5.74, 6) is 0.0569. The van der Waals surface area contributed by atoms with Crippen LogP contribution in [-0.2, 0) is 16.1 Å². The summed E-state index contributed by atoms with van der Waals surface area (Å²) in [6, 6.07) is 7.02. The van der Waals surface area contributed by atoms with Gasteiger partial charge in [-0.05, 0) is 36.5 Å². The number of rotatable bonds is 5. The summed E-state index contributed by atoms with van der Waals surface area (Å²) < 4.78 is 1.38. The molecule has 2 heterocycles. The number of aromatic nitrogens is 2. The monoisotopic (exact) mass is 361 g/mol. The average Bonchev–Trinajstić information content (AvgIpc) is 2.62. The first-order chi connectivity index (χ1) is 12.0. The first-order valence-electron chi connectivity index (χ1n) is 8.08. The molecule has 7 nitrogen and oxygen atoms in total. The summed E-state index contributed by atoms with van der Waals surface area (Å²) in [6.45, 7) is 0.160. The minimum absolute atomic E-state index is 0.0299. The number of benzene rings is 1. The van der Waals surface area contributed by atoms with Gasteiger partial charge < -0.3 is 10.4 Å². The number of aliphatic carboxylic acids is 1. The van der Waals surface area contributed by atoms with Crippen molar-refractivity contribution in [1.29, 1.82) is 0 Å². The Labute approximate surface area is 148 Å². The summed E-state index contributed by atoms with van der Waals surface area (Å²) >= 11 is 1.69. The third-order valence-corrected chi connectivity index (χ3v) is 5.43. The number of carboxylic acid groups (broad SMARTS) is 1. The third-order valence-electron chi connectivity index (χ3n) is 4.45. The van der Waals surface area contributed by atoms with Gasteiger partial charge in [-0.1, -0.05) is 12.1 Å². The lowest BCUT2D eigenvalue weighted by molar-refractivity contribution is -0.148. The highest BCUT2D eigenvalue weighted by Crippen LogP contribution is 2.27. The maximum Gasteiger partial charge on any atom is 0.329 e. The van der Waals surface area contributed by atoms with Crippen LogP contribution in [0.1, 0.15) is 19.3 Å². The van der Waals surface area contributed by atoms with Crippen molar-refractivity contribution in [3.05, 3.63) is 40.9 Å². The summed E-state index contributed by atoms with van der Waals surface area (Å²) in [6.07, 6.45) is 2.27. The van der Waals surface area contributed by atoms with E-state index in [1.54, 1.807) is 36.0 Å². The van der Waals surface area contributed by atoms with Crippen molar-refractivity contribution in [2.24, 2.45) is 0 Å². The molecule has 2 N–H and O–H groups in total. The maximum absolute atomic E-state index is 12.4. The molecule has 132 valence electrons. The van der Waals surface area contributed by atoms with Gasteiger partial charge in [0.2, 0.25) is 5.91 Å². The van der Waals surface area contributed by atoms with Crippen molar-refractivity contribution < 1.29 is 14.7 Å². The van der Waals surface area contributed by atoms with Crippen LogP contribution in [0.25, 0.3) is 10.9 Å². The fraction of sp³-hybridized carbons (Fsp3) is 0.412. The van der Waals surface area contributed by atoms with E-state index in [1.807, 2.05) is 0 Å². The number of para-hydroxylation sites is 1. The molecule has 1 saturated heterocycles. The second-order valence-corrected chi connectivity index (χ2v) is 7.28. The molecule has 0 saturated carbocycles. The quantitative estimate of drug-likeness (QED) is 0.831. The number of nitrogens with one attached hydrogen (secondary N) is 1. The fourth-order valence-electron chi connectivity index (χ4n) is 2.93. The number of hydrogen-bond acceptors (Lipinski definition) is 5. The van der Waals surface area contributed by atoms with E-state index in [1.165, 1.54) is 10.9 Å². The molecule has 1 amide bonds. The minimum atomic E-state index is -1.19. The van der Waals surface area contributed by atoms with Crippen LogP contribution >= 0.6 is 11.8 Å². The van der Waals surface area contributed by atoms with E-state index in [2.05, 4.69) is 10.3 Å². The molecule has 0 radical (unpaired) electrons. The molecule has 0 atom stereocenters. The number of carboxylic acids is 1. The predicted octanol–water partition coefficient (Wildman–Crippen LogP) is 1.25. The van der Waals surface area contributed by atoms with Crippen LogP contribution < -0.4 is 10.9 Å². The smallest absolute Gasteiger partial charge is 0.329 e. The zero-order valence-electron chi connectivity index (χ0n) is 13.6. The zero-order chi connectivity index (χ0) is 17.9. The van der Waals surface area contributed by atoms with Crippen molar-refractivity contribution in [3.63, 3.8) is 0 Å². The molecule has 1 aliphatic heterocycles. The van der Waals surface area contributed by atoms with Gasteiger partial charge in [0.25, 0.3) is 5.56 Å². The lowest BCUT2D eigenvalue weighted by Gasteiger charge is -2.33. The van der Waals surface area contributed by atoms with Gasteiger partial charge in [0, 0.05) is 13.0 Å². The van der Waals surface area contributed by atoms with Crippen LogP contribution in [0.4, 0.5) is 0 Å². The second-order valence-electron chi connectivity index (χ2n) is 6.06. The van der Waals surface area contributed by atoms with Crippen LogP contribution in [0.3, 0.4) is 0 Å². The van der Waals surface area contributed by atoms with Gasteiger partial charge in [-0.25, -0.2) is 9.78 Å². The lowest BCUT2D eigenvalue weighted by Crippen LogP contribution is -2.56. The Hall–Kier alpha value is -2.35. The molecule has 0 bridgehead atoms. The van der Waals surface area contributed by atoms with Crippen LogP contribution in [-0.4, -0.2) is 43.6 Å². The van der Waals surface area contributed by atoms with E-state index in [-0.39, 0.29) is 24.4 Å². The van der Waals surface area contributed by atoms with Crippen molar-refractivity contribution >= 4 is 34.5 Å². The molecule has 1 aliphatic rings. The minimum Gasteiger partial charge on any atom is -0.480 e. The SMILES string of the molecule is O=C(CCn1cnc2ccccc2c1=O)NC1(C(=O)O)CCSCC1. The molecule has 0 spiro atoms. The van der Waals surface area contributed by atoms with E-state index >= 15 is 0 Å². The molecule has 1 fully saturated rings. The predicted molar refractivity (Wildman–Crippen MR) is 95.7 cm³/mol. The lowest BCUT2D eigenvalue weighted by atomic mass is 9.92. The average molecular weight is 361 g/mol. The molecule has 1 aromatic heterocycles. The van der Waals surface area contributed by atoms with E-state index in [0.717, 1.165) is 0 Å². The molecular weight excluding hydrogens is 342 g/mol. The van der Waals surface area contributed by atoms with E-state index in [9.17, 15) is 19.5 Å². The number of fused-ring (bicyclic) bond motifs is 1. The number of nitrogens with zero attached hydrogens (tertiary/aromatic N) is 2. The highest BCUT2D eigenvalue weighted by molar-refractivity contribution is 7.99. The van der Waals surface area contributed by atoms with E-state index in [4.69, 9.17) is 0 Å². The molecule has 0 aliphatic carbocycles. The van der Waals surface area contributed by atoms with Gasteiger partial charge >= 0.3 is 5.97 Å². The molecule has 8 heteroatoms. The first-order valence-corrected chi connectivity index (χ1v) is 9.24. The third kappa shape index (κ3) is 3.68. The molecular formula is C17H19N3O4S. The summed E-state index contributed by atoms with van der Waals surface area (Å²) in [4.78, 5) is 40.5. The van der Waals surface area contributed by atoms with Gasteiger partial charge in [0.15, 0.2) is 0 Å². The Morgan fingerprint density at radius 3 is 2.72 bits per heavy atom. The summed E-state index contributed by atoms with van der Waals surface area (Å²) in [5, 5.41) is 12.7. The summed E-state index contributed by atoms with van der Waals surface area (Å²) in [5.41, 5.74) is -0.785. The molecule has 0 unspecified atom stereocenters. The zero-order valence-corrected chi connectivity index (χ0v) is 14.4. The molecule has 25 heavy (non-hydrogen) atoms. The van der Waals surface area contributed by atoms with Gasteiger partial charge in [-0.2, -0.15) is 11.8 Å². The Morgan fingerprint density at radius 1 is 1.28 bits per heavy atom. The van der Waals surface area contributed by atoms with Crippen LogP contribution in [0.2, 0.25) is 0 Å². The fourth-order valence-corrected chi connectivity index (χ4v) is 4.12. The van der Waals surface area contributed by atoms with Gasteiger partial charge in [-0.3, -0.25) is 14.2 Å². The van der Waals surface area contributed by atoms with Crippen molar-refractivity contribution in [2.45, 2.75) is 31.3 Å². The van der Waals surface area contributed by atoms with Crippen molar-refractivity contribution in [3.8, 4) is 0 Å². The van der Waals surface area contributed by atoms with E-state index in [0.29, 0.717) is 35.3 Å². The van der Waals surface area contributed by atoms with Crippen molar-refractivity contribution in [1.82, 2.24) is 14.9 Å². The summed E-state index contributed by atoms with van der Waals surface area (Å²) in [7, 11) is 0. The Kier molecular flexibility index (Phi) is 5.08. The van der Waals surface area contributed by atoms with Gasteiger partial charge in [-0.15, -0.1) is 0 Å². The number of thioether (sulfide) groups is 1. The molecule has 3 rings (SSSR count). The number of carbonyl (C=O) groups excluding carboxylic acids is 1. The topological polar surface area (TPSA) is 101 Å². The normalized spacial score (nSPS) is 16.5. The van der Waals surface area contributed by atoms with Gasteiger partial charge in [0.1, 0.15) is 5.54 Å². The highest BCUT2D eigenvalue weighted by atomic mass is 32.2. The molecule has 1 aromatic carbocycles.